The van der Waals surface area contributed by atoms with E-state index < -0.39 is 13.9 Å². The lowest BCUT2D eigenvalue weighted by Gasteiger charge is -2.28. The Morgan fingerprint density at radius 2 is 1.09 bits per heavy atom. The molecule has 0 aliphatic rings. The number of quaternary nitrogens is 1. The van der Waals surface area contributed by atoms with Crippen LogP contribution < -0.4 is 10.2 Å². The Morgan fingerprint density at radius 3 is 1.53 bits per heavy atom. The molecule has 0 aliphatic carbocycles. The SMILES string of the molecule is CCCCCCCCCCCCC/C=C/C[C@H](COP(=O)([O-])OCC[N+](C)(C)C)NC(=O)CCCCCCCCCCCCCCC. The van der Waals surface area contributed by atoms with Crippen LogP contribution in [0.2, 0.25) is 0 Å². The molecule has 0 saturated carbocycles. The Morgan fingerprint density at radius 1 is 0.660 bits per heavy atom. The molecule has 0 aromatic carbocycles. The number of nitrogens with one attached hydrogen (secondary N) is 1. The topological polar surface area (TPSA) is 87.7 Å². The number of unbranched alkanes of at least 4 members (excludes halogenated alkanes) is 23. The molecule has 280 valence electrons. The summed E-state index contributed by atoms with van der Waals surface area (Å²) in [4.78, 5) is 25.1. The summed E-state index contributed by atoms with van der Waals surface area (Å²) in [6.45, 7) is 5.04. The summed E-state index contributed by atoms with van der Waals surface area (Å²) in [6, 6.07) is -0.401. The smallest absolute Gasteiger partial charge is 0.268 e. The van der Waals surface area contributed by atoms with Gasteiger partial charge in [-0.25, -0.2) is 0 Å². The van der Waals surface area contributed by atoms with Crippen LogP contribution in [0.1, 0.15) is 187 Å². The Labute approximate surface area is 292 Å². The second-order valence-corrected chi connectivity index (χ2v) is 16.3. The maximum absolute atomic E-state index is 12.7. The van der Waals surface area contributed by atoms with E-state index in [9.17, 15) is 14.3 Å². The molecular weight excluding hydrogens is 607 g/mol. The largest absolute Gasteiger partial charge is 0.756 e. The summed E-state index contributed by atoms with van der Waals surface area (Å²) in [6.07, 6.45) is 37.3. The van der Waals surface area contributed by atoms with Crippen molar-refractivity contribution in [1.82, 2.24) is 5.32 Å². The van der Waals surface area contributed by atoms with E-state index in [-0.39, 0.29) is 19.1 Å². The minimum atomic E-state index is -4.44. The number of rotatable bonds is 36. The van der Waals surface area contributed by atoms with Crippen molar-refractivity contribution < 1.29 is 27.8 Å². The number of nitrogens with zero attached hydrogens (tertiary/aromatic N) is 1. The highest BCUT2D eigenvalue weighted by molar-refractivity contribution is 7.45. The lowest BCUT2D eigenvalue weighted by molar-refractivity contribution is -0.870. The zero-order valence-electron chi connectivity index (χ0n) is 31.9. The second-order valence-electron chi connectivity index (χ2n) is 14.9. The van der Waals surface area contributed by atoms with Crippen LogP contribution in [-0.2, 0) is 18.4 Å². The molecule has 1 N–H and O–H groups in total. The molecule has 47 heavy (non-hydrogen) atoms. The standard InChI is InChI=1S/C39H79N2O5P/c1-6-8-10-12-14-16-18-20-22-23-25-27-29-31-33-38(37-46-47(43,44)45-36-35-41(3,4)5)40-39(42)34-32-30-28-26-24-21-19-17-15-13-11-9-7-2/h29,31,38H,6-28,30,32-37H2,1-5H3,(H-,40,42,43,44)/b31-29+/t38-/m1/s1. The highest BCUT2D eigenvalue weighted by atomic mass is 31.2. The maximum atomic E-state index is 12.7. The molecule has 0 saturated heterocycles. The Bertz CT molecular complexity index is 771. The summed E-state index contributed by atoms with van der Waals surface area (Å²) in [7, 11) is 1.50. The van der Waals surface area contributed by atoms with Crippen LogP contribution in [0, 0.1) is 0 Å². The number of likely N-dealkylation sites (N-methyl/N-ethyl adjacent to an activating group) is 1. The van der Waals surface area contributed by atoms with Gasteiger partial charge in [0.15, 0.2) is 0 Å². The number of amides is 1. The summed E-state index contributed by atoms with van der Waals surface area (Å²) < 4.78 is 23.3. The molecule has 1 unspecified atom stereocenters. The summed E-state index contributed by atoms with van der Waals surface area (Å²) in [5.41, 5.74) is 0. The third kappa shape index (κ3) is 36.4. The molecular formula is C39H79N2O5P. The fraction of sp³-hybridized carbons (Fsp3) is 0.923. The first kappa shape index (κ1) is 46.3. The van der Waals surface area contributed by atoms with Gasteiger partial charge in [-0.1, -0.05) is 167 Å². The first-order valence-electron chi connectivity index (χ1n) is 19.9. The lowest BCUT2D eigenvalue weighted by atomic mass is 10.0. The number of carbonyl (C=O) groups is 1. The predicted octanol–water partition coefficient (Wildman–Crippen LogP) is 10.8. The van der Waals surface area contributed by atoms with Gasteiger partial charge in [-0.15, -0.1) is 0 Å². The molecule has 0 bridgehead atoms. The number of allylic oxidation sites excluding steroid dienone is 1. The zero-order valence-corrected chi connectivity index (χ0v) is 32.8. The molecule has 7 nitrogen and oxygen atoms in total. The third-order valence-corrected chi connectivity index (χ3v) is 9.84. The minimum absolute atomic E-state index is 0.0351. The van der Waals surface area contributed by atoms with Gasteiger partial charge in [0.25, 0.3) is 7.82 Å². The average molecular weight is 687 g/mol. The van der Waals surface area contributed by atoms with Gasteiger partial charge in [0.1, 0.15) is 13.2 Å². The molecule has 0 radical (unpaired) electrons. The van der Waals surface area contributed by atoms with Crippen molar-refractivity contribution >= 4 is 13.7 Å². The Kier molecular flexibility index (Phi) is 32.0. The van der Waals surface area contributed by atoms with Crippen molar-refractivity contribution in [3.8, 4) is 0 Å². The van der Waals surface area contributed by atoms with E-state index in [2.05, 4.69) is 31.3 Å². The van der Waals surface area contributed by atoms with Gasteiger partial charge >= 0.3 is 0 Å². The van der Waals surface area contributed by atoms with Crippen LogP contribution >= 0.6 is 7.82 Å². The van der Waals surface area contributed by atoms with Crippen LogP contribution in [0.25, 0.3) is 0 Å². The lowest BCUT2D eigenvalue weighted by Crippen LogP contribution is -2.39. The Balaban J connectivity index is 4.34. The van der Waals surface area contributed by atoms with Crippen molar-refractivity contribution in [2.75, 3.05) is 40.9 Å². The summed E-state index contributed by atoms with van der Waals surface area (Å²) in [5.74, 6) is -0.0351. The monoisotopic (exact) mass is 687 g/mol. The first-order valence-corrected chi connectivity index (χ1v) is 21.4. The van der Waals surface area contributed by atoms with Crippen LogP contribution in [0.4, 0.5) is 0 Å². The van der Waals surface area contributed by atoms with Crippen LogP contribution in [0.5, 0.6) is 0 Å². The molecule has 1 amide bonds. The average Bonchev–Trinajstić information content (AvgIpc) is 3.01. The molecule has 0 rings (SSSR count). The van der Waals surface area contributed by atoms with Gasteiger partial charge in [0.05, 0.1) is 33.8 Å². The molecule has 0 aromatic rings. The zero-order chi connectivity index (χ0) is 34.9. The first-order chi connectivity index (χ1) is 22.6. The van der Waals surface area contributed by atoms with E-state index in [4.69, 9.17) is 9.05 Å². The van der Waals surface area contributed by atoms with Gasteiger partial charge in [-0.3, -0.25) is 9.36 Å². The van der Waals surface area contributed by atoms with E-state index in [0.717, 1.165) is 25.7 Å². The van der Waals surface area contributed by atoms with Crippen molar-refractivity contribution in [3.05, 3.63) is 12.2 Å². The highest BCUT2D eigenvalue weighted by Crippen LogP contribution is 2.38. The van der Waals surface area contributed by atoms with Crippen molar-refractivity contribution in [1.29, 1.82) is 0 Å². The van der Waals surface area contributed by atoms with Gasteiger partial charge in [-0.05, 0) is 25.7 Å². The van der Waals surface area contributed by atoms with Gasteiger partial charge < -0.3 is 23.7 Å². The molecule has 0 aromatic heterocycles. The van der Waals surface area contributed by atoms with E-state index in [1.54, 1.807) is 0 Å². The number of carbonyl (C=O) groups excluding carboxylic acids is 1. The number of phosphoric ester groups is 1. The van der Waals surface area contributed by atoms with Crippen LogP contribution in [-0.4, -0.2) is 57.3 Å². The van der Waals surface area contributed by atoms with E-state index in [1.807, 2.05) is 21.1 Å². The van der Waals surface area contributed by atoms with Gasteiger partial charge in [0.2, 0.25) is 5.91 Å². The third-order valence-electron chi connectivity index (χ3n) is 8.88. The highest BCUT2D eigenvalue weighted by Gasteiger charge is 2.18. The number of hydrogen-bond donors (Lipinski definition) is 1. The Hall–Kier alpha value is -0.720. The van der Waals surface area contributed by atoms with Crippen molar-refractivity contribution in [2.45, 2.75) is 193 Å². The quantitative estimate of drug-likeness (QED) is 0.0307. The molecule has 2 atom stereocenters. The van der Waals surface area contributed by atoms with Gasteiger partial charge in [-0.2, -0.15) is 0 Å². The van der Waals surface area contributed by atoms with E-state index in [1.165, 1.54) is 135 Å². The fourth-order valence-corrected chi connectivity index (χ4v) is 6.46. The fourth-order valence-electron chi connectivity index (χ4n) is 5.72. The molecule has 0 aliphatic heterocycles. The molecule has 0 fully saturated rings. The molecule has 8 heteroatoms. The predicted molar refractivity (Wildman–Crippen MR) is 199 cm³/mol. The van der Waals surface area contributed by atoms with Crippen molar-refractivity contribution in [2.24, 2.45) is 0 Å². The van der Waals surface area contributed by atoms with E-state index in [0.29, 0.717) is 23.9 Å². The second kappa shape index (κ2) is 32.5. The molecule has 0 spiro atoms. The van der Waals surface area contributed by atoms with Crippen molar-refractivity contribution in [3.63, 3.8) is 0 Å². The van der Waals surface area contributed by atoms with E-state index >= 15 is 0 Å². The minimum Gasteiger partial charge on any atom is -0.756 e. The number of phosphoric acid groups is 1. The van der Waals surface area contributed by atoms with Crippen LogP contribution in [0.3, 0.4) is 0 Å². The number of hydrogen-bond acceptors (Lipinski definition) is 5. The summed E-state index contributed by atoms with van der Waals surface area (Å²) >= 11 is 0. The van der Waals surface area contributed by atoms with Gasteiger partial charge in [0, 0.05) is 6.42 Å². The van der Waals surface area contributed by atoms with Crippen LogP contribution in [0.15, 0.2) is 12.2 Å². The summed E-state index contributed by atoms with van der Waals surface area (Å²) in [5, 5.41) is 3.03. The molecule has 0 heterocycles. The normalized spacial score (nSPS) is 14.1. The maximum Gasteiger partial charge on any atom is 0.268 e.